The average Bonchev–Trinajstić information content (AvgIpc) is 3.15. The van der Waals surface area contributed by atoms with Crippen molar-refractivity contribution < 1.29 is 4.79 Å². The fourth-order valence-corrected chi connectivity index (χ4v) is 3.73. The van der Waals surface area contributed by atoms with E-state index in [0.29, 0.717) is 16.2 Å². The van der Waals surface area contributed by atoms with Crippen molar-refractivity contribution in [1.82, 2.24) is 14.8 Å². The highest BCUT2D eigenvalue weighted by Gasteiger charge is 2.13. The van der Waals surface area contributed by atoms with Crippen LogP contribution >= 0.6 is 11.3 Å². The molecule has 0 spiro atoms. The predicted molar refractivity (Wildman–Crippen MR) is 112 cm³/mol. The largest absolute Gasteiger partial charge is 0.300 e. The molecule has 7 heteroatoms. The van der Waals surface area contributed by atoms with E-state index in [1.165, 1.54) is 21.6 Å². The Morgan fingerprint density at radius 3 is 2.54 bits per heavy atom. The number of fused-ring (bicyclic) bond motifs is 1. The van der Waals surface area contributed by atoms with Gasteiger partial charge in [0.25, 0.3) is 5.56 Å². The number of carbonyl (C=O) groups excluding carboxylic acids is 1. The van der Waals surface area contributed by atoms with Gasteiger partial charge in [-0.25, -0.2) is 9.67 Å². The Morgan fingerprint density at radius 1 is 1.07 bits per heavy atom. The maximum absolute atomic E-state index is 12.6. The Kier molecular flexibility index (Phi) is 4.75. The summed E-state index contributed by atoms with van der Waals surface area (Å²) in [5.74, 6) is -0.339. The Labute approximate surface area is 165 Å². The minimum absolute atomic E-state index is 0.163. The molecule has 0 unspecified atom stereocenters. The molecule has 0 bridgehead atoms. The topological polar surface area (TPSA) is 76.9 Å². The lowest BCUT2D eigenvalue weighted by Crippen LogP contribution is -2.30. The summed E-state index contributed by atoms with van der Waals surface area (Å²) >= 11 is 1.35. The highest BCUT2D eigenvalue weighted by Crippen LogP contribution is 2.25. The number of carbonyl (C=O) groups is 1. The zero-order chi connectivity index (χ0) is 19.7. The molecule has 2 aromatic heterocycles. The van der Waals surface area contributed by atoms with Gasteiger partial charge in [0.05, 0.1) is 16.8 Å². The summed E-state index contributed by atoms with van der Waals surface area (Å²) in [5.41, 5.74) is 3.40. The number of hydrogen-bond acceptors (Lipinski definition) is 5. The number of benzene rings is 2. The van der Waals surface area contributed by atoms with Crippen molar-refractivity contribution in [3.63, 3.8) is 0 Å². The summed E-state index contributed by atoms with van der Waals surface area (Å²) in [6, 6.07) is 15.3. The van der Waals surface area contributed by atoms with Gasteiger partial charge in [0.2, 0.25) is 5.91 Å². The van der Waals surface area contributed by atoms with Gasteiger partial charge in [0.15, 0.2) is 5.13 Å². The third-order valence-electron chi connectivity index (χ3n) is 4.44. The molecule has 140 valence electrons. The molecule has 1 N–H and O–H groups in total. The standard InChI is InChI=1S/C21H18N4O2S/c1-13-7-9-15(10-8-13)18-12-28-21(22-18)23-19(26)11-25-20(27)17-6-4-3-5-16(17)14(2)24-25/h3-10,12H,11H2,1-2H3,(H,22,23,26). The number of anilines is 1. The highest BCUT2D eigenvalue weighted by atomic mass is 32.1. The zero-order valence-electron chi connectivity index (χ0n) is 15.5. The third kappa shape index (κ3) is 3.57. The minimum atomic E-state index is -0.339. The first kappa shape index (κ1) is 18.1. The molecule has 0 saturated heterocycles. The molecule has 0 radical (unpaired) electrons. The van der Waals surface area contributed by atoms with Gasteiger partial charge >= 0.3 is 0 Å². The molecule has 0 fully saturated rings. The van der Waals surface area contributed by atoms with E-state index in [4.69, 9.17) is 0 Å². The summed E-state index contributed by atoms with van der Waals surface area (Å²) in [6.45, 7) is 3.69. The predicted octanol–water partition coefficient (Wildman–Crippen LogP) is 3.78. The van der Waals surface area contributed by atoms with E-state index < -0.39 is 0 Å². The monoisotopic (exact) mass is 390 g/mol. The van der Waals surface area contributed by atoms with Crippen molar-refractivity contribution in [2.45, 2.75) is 20.4 Å². The molecule has 6 nitrogen and oxygen atoms in total. The smallest absolute Gasteiger partial charge is 0.275 e. The van der Waals surface area contributed by atoms with Gasteiger partial charge in [-0.15, -0.1) is 11.3 Å². The lowest BCUT2D eigenvalue weighted by molar-refractivity contribution is -0.117. The molecule has 2 aromatic carbocycles. The van der Waals surface area contributed by atoms with Crippen LogP contribution in [-0.4, -0.2) is 20.7 Å². The lowest BCUT2D eigenvalue weighted by Gasteiger charge is -2.08. The Balaban J connectivity index is 1.52. The molecule has 4 rings (SSSR count). The molecule has 4 aromatic rings. The van der Waals surface area contributed by atoms with Crippen molar-refractivity contribution in [3.8, 4) is 11.3 Å². The second kappa shape index (κ2) is 7.36. The van der Waals surface area contributed by atoms with E-state index in [9.17, 15) is 9.59 Å². The van der Waals surface area contributed by atoms with Gasteiger partial charge in [-0.05, 0) is 19.9 Å². The maximum Gasteiger partial charge on any atom is 0.275 e. The number of nitrogens with one attached hydrogen (secondary N) is 1. The van der Waals surface area contributed by atoms with E-state index in [0.717, 1.165) is 16.6 Å². The Bertz CT molecular complexity index is 1230. The Morgan fingerprint density at radius 2 is 1.79 bits per heavy atom. The first-order valence-corrected chi connectivity index (χ1v) is 9.68. The normalized spacial score (nSPS) is 10.9. The van der Waals surface area contributed by atoms with Gasteiger partial charge < -0.3 is 5.32 Å². The van der Waals surface area contributed by atoms with E-state index in [2.05, 4.69) is 15.4 Å². The van der Waals surface area contributed by atoms with Crippen LogP contribution < -0.4 is 10.9 Å². The molecule has 0 atom stereocenters. The van der Waals surface area contributed by atoms with Gasteiger partial charge in [-0.1, -0.05) is 48.0 Å². The molecular weight excluding hydrogens is 372 g/mol. The first-order valence-electron chi connectivity index (χ1n) is 8.80. The van der Waals surface area contributed by atoms with Gasteiger partial charge in [0.1, 0.15) is 6.54 Å². The second-order valence-electron chi connectivity index (χ2n) is 6.55. The fraction of sp³-hybridized carbons (Fsp3) is 0.143. The second-order valence-corrected chi connectivity index (χ2v) is 7.40. The van der Waals surface area contributed by atoms with E-state index in [1.807, 2.05) is 55.6 Å². The van der Waals surface area contributed by atoms with Gasteiger partial charge in [0, 0.05) is 16.3 Å². The molecule has 28 heavy (non-hydrogen) atoms. The number of nitrogens with zero attached hydrogens (tertiary/aromatic N) is 3. The summed E-state index contributed by atoms with van der Waals surface area (Å²) in [7, 11) is 0. The van der Waals surface area contributed by atoms with Crippen LogP contribution in [0.1, 0.15) is 11.3 Å². The number of hydrogen-bond donors (Lipinski definition) is 1. The molecule has 2 heterocycles. The minimum Gasteiger partial charge on any atom is -0.300 e. The number of thiazole rings is 1. The highest BCUT2D eigenvalue weighted by molar-refractivity contribution is 7.14. The quantitative estimate of drug-likeness (QED) is 0.575. The third-order valence-corrected chi connectivity index (χ3v) is 5.20. The number of rotatable bonds is 4. The van der Waals surface area contributed by atoms with Crippen LogP contribution in [0.4, 0.5) is 5.13 Å². The van der Waals surface area contributed by atoms with Crippen LogP contribution in [0.25, 0.3) is 22.0 Å². The summed E-state index contributed by atoms with van der Waals surface area (Å²) in [5, 5.41) is 10.8. The number of amides is 1. The van der Waals surface area contributed by atoms with Gasteiger partial charge in [-0.2, -0.15) is 5.10 Å². The fourth-order valence-electron chi connectivity index (χ4n) is 2.99. The number of aromatic nitrogens is 3. The molecule has 1 amide bonds. The van der Waals surface area contributed by atoms with Gasteiger partial charge in [-0.3, -0.25) is 9.59 Å². The van der Waals surface area contributed by atoms with E-state index in [-0.39, 0.29) is 18.0 Å². The molecule has 0 saturated carbocycles. The van der Waals surface area contributed by atoms with Crippen LogP contribution in [0.3, 0.4) is 0 Å². The number of aryl methyl sites for hydroxylation is 2. The van der Waals surface area contributed by atoms with Crippen molar-refractivity contribution in [2.75, 3.05) is 5.32 Å². The summed E-state index contributed by atoms with van der Waals surface area (Å²) in [4.78, 5) is 29.5. The molecule has 0 aliphatic carbocycles. The van der Waals surface area contributed by atoms with E-state index >= 15 is 0 Å². The summed E-state index contributed by atoms with van der Waals surface area (Å²) in [6.07, 6.45) is 0. The molecular formula is C21H18N4O2S. The SMILES string of the molecule is Cc1ccc(-c2csc(NC(=O)Cn3nc(C)c4ccccc4c3=O)n2)cc1. The van der Waals surface area contributed by atoms with Crippen LogP contribution in [0.15, 0.2) is 58.7 Å². The molecule has 0 aliphatic heterocycles. The first-order chi connectivity index (χ1) is 13.5. The van der Waals surface area contributed by atoms with E-state index in [1.54, 1.807) is 12.1 Å². The Hall–Kier alpha value is -3.32. The lowest BCUT2D eigenvalue weighted by atomic mass is 10.1. The van der Waals surface area contributed by atoms with Crippen molar-refractivity contribution in [3.05, 3.63) is 75.5 Å². The van der Waals surface area contributed by atoms with Crippen molar-refractivity contribution in [2.24, 2.45) is 0 Å². The van der Waals surface area contributed by atoms with Crippen molar-refractivity contribution in [1.29, 1.82) is 0 Å². The maximum atomic E-state index is 12.6. The van der Waals surface area contributed by atoms with Crippen molar-refractivity contribution >= 4 is 33.1 Å². The van der Waals surface area contributed by atoms with Crippen LogP contribution in [0, 0.1) is 13.8 Å². The zero-order valence-corrected chi connectivity index (χ0v) is 16.3. The van der Waals surface area contributed by atoms with Crippen LogP contribution in [0.2, 0.25) is 0 Å². The molecule has 0 aliphatic rings. The summed E-state index contributed by atoms with van der Waals surface area (Å²) < 4.78 is 1.20. The van der Waals surface area contributed by atoms with Crippen LogP contribution in [0.5, 0.6) is 0 Å². The van der Waals surface area contributed by atoms with Crippen LogP contribution in [-0.2, 0) is 11.3 Å². The average molecular weight is 390 g/mol.